The van der Waals surface area contributed by atoms with E-state index in [1.165, 1.54) is 19.3 Å². The van der Waals surface area contributed by atoms with E-state index in [1.807, 2.05) is 4.90 Å². The summed E-state index contributed by atoms with van der Waals surface area (Å²) in [4.78, 5) is 18.1. The molecule has 108 valence electrons. The molecule has 6 nitrogen and oxygen atoms in total. The van der Waals surface area contributed by atoms with Gasteiger partial charge in [-0.15, -0.1) is 0 Å². The molecule has 0 radical (unpaired) electrons. The second kappa shape index (κ2) is 7.33. The molecule has 1 saturated heterocycles. The van der Waals surface area contributed by atoms with Crippen LogP contribution in [0.4, 0.5) is 0 Å². The van der Waals surface area contributed by atoms with Gasteiger partial charge in [0.15, 0.2) is 0 Å². The van der Waals surface area contributed by atoms with Gasteiger partial charge in [-0.25, -0.2) is 10.8 Å². The van der Waals surface area contributed by atoms with E-state index < -0.39 is 0 Å². The standard InChI is InChI=1S/C13H25N5O/c14-17-13(16-11-6-2-3-7-11)15-10-12(19)18-8-4-1-5-9-18/h11H,1-10,14H2,(H2,15,16,17). The fraction of sp³-hybridized carbons (Fsp3) is 0.846. The molecule has 19 heavy (non-hydrogen) atoms. The van der Waals surface area contributed by atoms with Crippen molar-refractivity contribution in [3.63, 3.8) is 0 Å². The molecule has 0 unspecified atom stereocenters. The number of nitrogens with two attached hydrogens (primary N) is 1. The minimum atomic E-state index is 0.0978. The van der Waals surface area contributed by atoms with Gasteiger partial charge in [-0.1, -0.05) is 12.8 Å². The molecule has 1 aliphatic heterocycles. The fourth-order valence-corrected chi connectivity index (χ4v) is 2.79. The molecule has 0 spiro atoms. The van der Waals surface area contributed by atoms with Crippen LogP contribution in [0.5, 0.6) is 0 Å². The number of hydrazine groups is 1. The Labute approximate surface area is 114 Å². The first-order valence-electron chi connectivity index (χ1n) is 7.35. The molecular formula is C13H25N5O. The number of nitrogens with zero attached hydrogens (tertiary/aromatic N) is 2. The summed E-state index contributed by atoms with van der Waals surface area (Å²) in [5.41, 5.74) is 2.56. The Morgan fingerprint density at radius 1 is 1.16 bits per heavy atom. The lowest BCUT2D eigenvalue weighted by Gasteiger charge is -2.26. The molecule has 1 saturated carbocycles. The molecule has 4 N–H and O–H groups in total. The molecule has 1 aliphatic carbocycles. The highest BCUT2D eigenvalue weighted by Gasteiger charge is 2.18. The van der Waals surface area contributed by atoms with E-state index in [-0.39, 0.29) is 12.5 Å². The van der Waals surface area contributed by atoms with Crippen LogP contribution in [-0.4, -0.2) is 42.4 Å². The van der Waals surface area contributed by atoms with Crippen LogP contribution in [0.15, 0.2) is 4.99 Å². The van der Waals surface area contributed by atoms with Crippen LogP contribution in [0.2, 0.25) is 0 Å². The normalized spacial score (nSPS) is 21.5. The molecule has 0 aromatic heterocycles. The fourth-order valence-electron chi connectivity index (χ4n) is 2.79. The number of guanidine groups is 1. The lowest BCUT2D eigenvalue weighted by molar-refractivity contribution is -0.130. The topological polar surface area (TPSA) is 82.7 Å². The summed E-state index contributed by atoms with van der Waals surface area (Å²) in [6, 6.07) is 0.444. The van der Waals surface area contributed by atoms with Crippen LogP contribution in [0.3, 0.4) is 0 Å². The summed E-state index contributed by atoms with van der Waals surface area (Å²) in [5.74, 6) is 6.08. The predicted molar refractivity (Wildman–Crippen MR) is 75.4 cm³/mol. The summed E-state index contributed by atoms with van der Waals surface area (Å²) < 4.78 is 0. The van der Waals surface area contributed by atoms with Gasteiger partial charge in [0.1, 0.15) is 6.54 Å². The largest absolute Gasteiger partial charge is 0.353 e. The summed E-state index contributed by atoms with van der Waals surface area (Å²) >= 11 is 0. The zero-order valence-corrected chi connectivity index (χ0v) is 11.5. The third kappa shape index (κ3) is 4.38. The summed E-state index contributed by atoms with van der Waals surface area (Å²) in [5, 5.41) is 3.27. The Hall–Kier alpha value is -1.30. The van der Waals surface area contributed by atoms with E-state index in [0.29, 0.717) is 12.0 Å². The molecule has 0 bridgehead atoms. The third-order valence-corrected chi connectivity index (χ3v) is 3.91. The first-order chi connectivity index (χ1) is 9.29. The maximum Gasteiger partial charge on any atom is 0.244 e. The van der Waals surface area contributed by atoms with Gasteiger partial charge in [0.2, 0.25) is 11.9 Å². The molecule has 6 heteroatoms. The maximum atomic E-state index is 12.0. The van der Waals surface area contributed by atoms with Crippen LogP contribution in [0.1, 0.15) is 44.9 Å². The summed E-state index contributed by atoms with van der Waals surface area (Å²) in [6.07, 6.45) is 8.26. The highest BCUT2D eigenvalue weighted by Crippen LogP contribution is 2.17. The van der Waals surface area contributed by atoms with Crippen LogP contribution < -0.4 is 16.6 Å². The zero-order valence-electron chi connectivity index (χ0n) is 11.5. The minimum Gasteiger partial charge on any atom is -0.353 e. The molecule has 1 amide bonds. The minimum absolute atomic E-state index is 0.0978. The van der Waals surface area contributed by atoms with Gasteiger partial charge in [0.25, 0.3) is 0 Å². The number of likely N-dealkylation sites (tertiary alicyclic amines) is 1. The summed E-state index contributed by atoms with van der Waals surface area (Å²) in [7, 11) is 0. The van der Waals surface area contributed by atoms with Crippen molar-refractivity contribution in [1.82, 2.24) is 15.6 Å². The van der Waals surface area contributed by atoms with Crippen molar-refractivity contribution in [2.24, 2.45) is 10.8 Å². The summed E-state index contributed by atoms with van der Waals surface area (Å²) in [6.45, 7) is 1.92. The van der Waals surface area contributed by atoms with Gasteiger partial charge < -0.3 is 10.2 Å². The number of hydrogen-bond acceptors (Lipinski definition) is 3. The van der Waals surface area contributed by atoms with E-state index in [1.54, 1.807) is 0 Å². The number of amides is 1. The number of piperidine rings is 1. The van der Waals surface area contributed by atoms with E-state index in [2.05, 4.69) is 15.7 Å². The Bertz CT molecular complexity index is 319. The Balaban J connectivity index is 1.78. The number of carbonyl (C=O) groups is 1. The van der Waals surface area contributed by atoms with Crippen LogP contribution in [0, 0.1) is 0 Å². The Kier molecular flexibility index (Phi) is 5.44. The predicted octanol–water partition coefficient (Wildman–Crippen LogP) is 0.350. The number of hydrogen-bond donors (Lipinski definition) is 3. The Morgan fingerprint density at radius 2 is 1.84 bits per heavy atom. The lowest BCUT2D eigenvalue weighted by Crippen LogP contribution is -2.46. The third-order valence-electron chi connectivity index (χ3n) is 3.91. The first kappa shape index (κ1) is 14.1. The van der Waals surface area contributed by atoms with Gasteiger partial charge >= 0.3 is 0 Å². The van der Waals surface area contributed by atoms with Gasteiger partial charge in [-0.3, -0.25) is 10.2 Å². The van der Waals surface area contributed by atoms with E-state index in [4.69, 9.17) is 5.84 Å². The second-order valence-electron chi connectivity index (χ2n) is 5.38. The highest BCUT2D eigenvalue weighted by atomic mass is 16.2. The Morgan fingerprint density at radius 3 is 2.47 bits per heavy atom. The molecule has 0 aromatic carbocycles. The van der Waals surface area contributed by atoms with E-state index in [0.717, 1.165) is 38.8 Å². The molecule has 0 aromatic rings. The monoisotopic (exact) mass is 267 g/mol. The lowest BCUT2D eigenvalue weighted by atomic mass is 10.1. The van der Waals surface area contributed by atoms with Gasteiger partial charge in [-0.2, -0.15) is 0 Å². The van der Waals surface area contributed by atoms with Crippen LogP contribution in [-0.2, 0) is 4.79 Å². The molecule has 2 aliphatic rings. The SMILES string of the molecule is NNC(=NCC(=O)N1CCCCC1)NC1CCCC1. The molecule has 2 rings (SSSR count). The number of aliphatic imine (C=N–C) groups is 1. The van der Waals surface area contributed by atoms with Gasteiger partial charge in [0.05, 0.1) is 0 Å². The van der Waals surface area contributed by atoms with E-state index in [9.17, 15) is 4.79 Å². The number of carbonyl (C=O) groups excluding carboxylic acids is 1. The smallest absolute Gasteiger partial charge is 0.244 e. The quantitative estimate of drug-likeness (QED) is 0.298. The number of rotatable bonds is 3. The van der Waals surface area contributed by atoms with Crippen molar-refractivity contribution in [3.05, 3.63) is 0 Å². The van der Waals surface area contributed by atoms with Crippen molar-refractivity contribution in [2.75, 3.05) is 19.6 Å². The van der Waals surface area contributed by atoms with Crippen LogP contribution >= 0.6 is 0 Å². The molecule has 1 heterocycles. The van der Waals surface area contributed by atoms with Crippen molar-refractivity contribution >= 4 is 11.9 Å². The van der Waals surface area contributed by atoms with Gasteiger partial charge in [0, 0.05) is 19.1 Å². The molecular weight excluding hydrogens is 242 g/mol. The maximum absolute atomic E-state index is 12.0. The van der Waals surface area contributed by atoms with Crippen molar-refractivity contribution in [3.8, 4) is 0 Å². The number of nitrogens with one attached hydrogen (secondary N) is 2. The first-order valence-corrected chi connectivity index (χ1v) is 7.35. The van der Waals surface area contributed by atoms with Crippen molar-refractivity contribution in [2.45, 2.75) is 51.0 Å². The molecule has 2 fully saturated rings. The van der Waals surface area contributed by atoms with Crippen molar-refractivity contribution in [1.29, 1.82) is 0 Å². The van der Waals surface area contributed by atoms with Crippen molar-refractivity contribution < 1.29 is 4.79 Å². The average molecular weight is 267 g/mol. The van der Waals surface area contributed by atoms with E-state index >= 15 is 0 Å². The van der Waals surface area contributed by atoms with Gasteiger partial charge in [-0.05, 0) is 32.1 Å². The molecule has 0 atom stereocenters. The highest BCUT2D eigenvalue weighted by molar-refractivity contribution is 5.84. The van der Waals surface area contributed by atoms with Crippen LogP contribution in [0.25, 0.3) is 0 Å². The second-order valence-corrected chi connectivity index (χ2v) is 5.38. The average Bonchev–Trinajstić information content (AvgIpc) is 2.97. The zero-order chi connectivity index (χ0) is 13.5.